The first-order chi connectivity index (χ1) is 11.3. The molecule has 0 aliphatic carbocycles. The molecule has 0 radical (unpaired) electrons. The van der Waals surface area contributed by atoms with Crippen molar-refractivity contribution in [1.82, 2.24) is 9.88 Å². The zero-order valence-electron chi connectivity index (χ0n) is 14.0. The summed E-state index contributed by atoms with van der Waals surface area (Å²) in [6.07, 6.45) is 0. The maximum Gasteiger partial charge on any atom is 0.265 e. The van der Waals surface area contributed by atoms with Gasteiger partial charge in [0.05, 0.1) is 17.2 Å². The third-order valence-corrected chi connectivity index (χ3v) is 7.02. The molecule has 2 heterocycles. The fourth-order valence-corrected chi connectivity index (χ4v) is 5.15. The lowest BCUT2D eigenvalue weighted by atomic mass is 10.1. The van der Waals surface area contributed by atoms with Crippen LogP contribution in [0.25, 0.3) is 10.6 Å². The highest BCUT2D eigenvalue weighted by Gasteiger charge is 2.28. The Hall–Kier alpha value is -1.73. The van der Waals surface area contributed by atoms with E-state index in [1.165, 1.54) is 16.9 Å². The fraction of sp³-hybridized carbons (Fsp3) is 0.412. The van der Waals surface area contributed by atoms with E-state index in [9.17, 15) is 13.2 Å². The molecule has 1 aromatic carbocycles. The number of hydrogen-bond donors (Lipinski definition) is 0. The fourth-order valence-electron chi connectivity index (χ4n) is 2.82. The Balaban J connectivity index is 1.88. The summed E-state index contributed by atoms with van der Waals surface area (Å²) in [5.74, 6) is -0.0305. The van der Waals surface area contributed by atoms with Gasteiger partial charge in [0.1, 0.15) is 9.88 Å². The minimum Gasteiger partial charge on any atom is -0.336 e. The molecular formula is C17H20N2O3S2. The highest BCUT2D eigenvalue weighted by molar-refractivity contribution is 7.91. The molecule has 2 aromatic rings. The molecule has 0 spiro atoms. The van der Waals surface area contributed by atoms with Gasteiger partial charge in [0.2, 0.25) is 0 Å². The van der Waals surface area contributed by atoms with E-state index < -0.39 is 9.84 Å². The van der Waals surface area contributed by atoms with Crippen molar-refractivity contribution in [2.75, 3.05) is 24.6 Å². The Morgan fingerprint density at radius 3 is 2.46 bits per heavy atom. The molecule has 5 nitrogen and oxygen atoms in total. The topological polar surface area (TPSA) is 67.3 Å². The minimum atomic E-state index is -3.00. The van der Waals surface area contributed by atoms with Gasteiger partial charge in [0.25, 0.3) is 5.91 Å². The Morgan fingerprint density at radius 1 is 1.17 bits per heavy atom. The maximum absolute atomic E-state index is 12.7. The van der Waals surface area contributed by atoms with E-state index >= 15 is 0 Å². The van der Waals surface area contributed by atoms with E-state index in [1.807, 2.05) is 32.9 Å². The first-order valence-corrected chi connectivity index (χ1v) is 10.5. The van der Waals surface area contributed by atoms with Crippen LogP contribution in [-0.2, 0) is 9.84 Å². The first kappa shape index (κ1) is 17.1. The minimum absolute atomic E-state index is 0.0422. The van der Waals surface area contributed by atoms with Gasteiger partial charge < -0.3 is 4.90 Å². The molecule has 0 saturated carbocycles. The molecule has 0 unspecified atom stereocenters. The number of nitrogens with zero attached hydrogens (tertiary/aromatic N) is 2. The number of aromatic nitrogens is 1. The molecule has 1 amide bonds. The van der Waals surface area contributed by atoms with Crippen LogP contribution in [-0.4, -0.2) is 48.8 Å². The van der Waals surface area contributed by atoms with Crippen LogP contribution in [0.15, 0.2) is 18.2 Å². The summed E-state index contributed by atoms with van der Waals surface area (Å²) >= 11 is 1.38. The standard InChI is InChI=1S/C17H20N2O3S2/c1-11-4-5-14(12(2)10-11)16-18-13(3)15(23-16)17(20)19-6-8-24(21,22)9-7-19/h4-5,10H,6-9H2,1-3H3. The van der Waals surface area contributed by atoms with Crippen molar-refractivity contribution in [2.45, 2.75) is 20.8 Å². The van der Waals surface area contributed by atoms with Gasteiger partial charge in [0.15, 0.2) is 9.84 Å². The molecule has 1 fully saturated rings. The van der Waals surface area contributed by atoms with Crippen LogP contribution < -0.4 is 0 Å². The number of amides is 1. The van der Waals surface area contributed by atoms with Gasteiger partial charge >= 0.3 is 0 Å². The molecule has 7 heteroatoms. The second kappa shape index (κ2) is 6.29. The third-order valence-electron chi connectivity index (χ3n) is 4.23. The van der Waals surface area contributed by atoms with Crippen LogP contribution in [0.3, 0.4) is 0 Å². The summed E-state index contributed by atoms with van der Waals surface area (Å²) in [7, 11) is -3.00. The average molecular weight is 364 g/mol. The Kier molecular flexibility index (Phi) is 4.48. The number of carbonyl (C=O) groups is 1. The lowest BCUT2D eigenvalue weighted by Crippen LogP contribution is -2.43. The zero-order chi connectivity index (χ0) is 17.5. The molecule has 24 heavy (non-hydrogen) atoms. The van der Waals surface area contributed by atoms with Gasteiger partial charge in [-0.1, -0.05) is 23.8 Å². The quantitative estimate of drug-likeness (QED) is 0.821. The zero-order valence-corrected chi connectivity index (χ0v) is 15.6. The van der Waals surface area contributed by atoms with Crippen molar-refractivity contribution in [3.8, 4) is 10.6 Å². The van der Waals surface area contributed by atoms with E-state index in [1.54, 1.807) is 4.90 Å². The lowest BCUT2D eigenvalue weighted by Gasteiger charge is -2.26. The van der Waals surface area contributed by atoms with Gasteiger partial charge in [0, 0.05) is 18.7 Å². The van der Waals surface area contributed by atoms with E-state index in [0.29, 0.717) is 10.6 Å². The molecular weight excluding hydrogens is 344 g/mol. The molecule has 1 aromatic heterocycles. The Morgan fingerprint density at radius 2 is 1.83 bits per heavy atom. The van der Waals surface area contributed by atoms with Crippen molar-refractivity contribution in [3.05, 3.63) is 39.9 Å². The normalized spacial score (nSPS) is 17.0. The Labute approximate surface area is 146 Å². The molecule has 3 rings (SSSR count). The number of hydrogen-bond acceptors (Lipinski definition) is 5. The molecule has 1 saturated heterocycles. The van der Waals surface area contributed by atoms with Crippen LogP contribution in [0.4, 0.5) is 0 Å². The third kappa shape index (κ3) is 3.37. The largest absolute Gasteiger partial charge is 0.336 e. The average Bonchev–Trinajstić information content (AvgIpc) is 2.88. The van der Waals surface area contributed by atoms with Gasteiger partial charge in [-0.15, -0.1) is 11.3 Å². The first-order valence-electron chi connectivity index (χ1n) is 7.81. The van der Waals surface area contributed by atoms with Crippen LogP contribution in [0.5, 0.6) is 0 Å². The predicted molar refractivity (Wildman–Crippen MR) is 96.3 cm³/mol. The highest BCUT2D eigenvalue weighted by atomic mass is 32.2. The smallest absolute Gasteiger partial charge is 0.265 e. The van der Waals surface area contributed by atoms with Crippen molar-refractivity contribution in [2.24, 2.45) is 0 Å². The van der Waals surface area contributed by atoms with E-state index in [0.717, 1.165) is 16.1 Å². The summed E-state index contributed by atoms with van der Waals surface area (Å²) in [5, 5.41) is 0.831. The number of benzene rings is 1. The van der Waals surface area contributed by atoms with Crippen molar-refractivity contribution < 1.29 is 13.2 Å². The number of sulfone groups is 1. The lowest BCUT2D eigenvalue weighted by molar-refractivity contribution is 0.0774. The Bertz CT molecular complexity index is 887. The molecule has 0 N–H and O–H groups in total. The van der Waals surface area contributed by atoms with Crippen LogP contribution in [0, 0.1) is 20.8 Å². The van der Waals surface area contributed by atoms with Crippen molar-refractivity contribution in [1.29, 1.82) is 0 Å². The second-order valence-electron chi connectivity index (χ2n) is 6.20. The molecule has 0 atom stereocenters. The summed E-state index contributed by atoms with van der Waals surface area (Å²) in [6.45, 7) is 6.44. The maximum atomic E-state index is 12.7. The van der Waals surface area contributed by atoms with E-state index in [-0.39, 0.29) is 30.5 Å². The van der Waals surface area contributed by atoms with Crippen LogP contribution in [0.1, 0.15) is 26.5 Å². The van der Waals surface area contributed by atoms with Gasteiger partial charge in [-0.3, -0.25) is 4.79 Å². The summed E-state index contributed by atoms with van der Waals surface area (Å²) < 4.78 is 23.1. The number of thiazole rings is 1. The van der Waals surface area contributed by atoms with Crippen LogP contribution >= 0.6 is 11.3 Å². The second-order valence-corrected chi connectivity index (χ2v) is 9.50. The molecule has 128 valence electrons. The summed E-state index contributed by atoms with van der Waals surface area (Å²) in [4.78, 5) is 19.5. The predicted octanol–water partition coefficient (Wildman–Crippen LogP) is 2.61. The van der Waals surface area contributed by atoms with Crippen molar-refractivity contribution >= 4 is 27.1 Å². The van der Waals surface area contributed by atoms with Gasteiger partial charge in [-0.2, -0.15) is 0 Å². The van der Waals surface area contributed by atoms with E-state index in [2.05, 4.69) is 11.1 Å². The highest BCUT2D eigenvalue weighted by Crippen LogP contribution is 2.31. The molecule has 0 bridgehead atoms. The van der Waals surface area contributed by atoms with Gasteiger partial charge in [-0.05, 0) is 26.3 Å². The summed E-state index contributed by atoms with van der Waals surface area (Å²) in [5.41, 5.74) is 4.06. The van der Waals surface area contributed by atoms with Gasteiger partial charge in [-0.25, -0.2) is 13.4 Å². The number of aryl methyl sites for hydroxylation is 3. The van der Waals surface area contributed by atoms with Crippen molar-refractivity contribution in [3.63, 3.8) is 0 Å². The monoisotopic (exact) mass is 364 g/mol. The number of rotatable bonds is 2. The summed E-state index contributed by atoms with van der Waals surface area (Å²) in [6, 6.07) is 6.17. The molecule has 1 aliphatic rings. The molecule has 1 aliphatic heterocycles. The van der Waals surface area contributed by atoms with E-state index in [4.69, 9.17) is 0 Å². The SMILES string of the molecule is Cc1ccc(-c2nc(C)c(C(=O)N3CCS(=O)(=O)CC3)s2)c(C)c1. The van der Waals surface area contributed by atoms with Crippen LogP contribution in [0.2, 0.25) is 0 Å². The number of carbonyl (C=O) groups excluding carboxylic acids is 1.